The number of benzene rings is 2. The number of rotatable bonds is 9. The van der Waals surface area contributed by atoms with Gasteiger partial charge in [-0.2, -0.15) is 0 Å². The number of ether oxygens (including phenoxy) is 2. The highest BCUT2D eigenvalue weighted by Gasteiger charge is 2.13. The SMILES string of the molecule is CCc1cc(=O)[nH]c(-c2cccc(NC(=O)c3ccc(OCCC(C)C)c(OC)c3)c2)n1. The second-order valence-corrected chi connectivity index (χ2v) is 7.87. The Kier molecular flexibility index (Phi) is 7.65. The van der Waals surface area contributed by atoms with Crippen LogP contribution in [0.3, 0.4) is 0 Å². The average Bonchev–Trinajstić information content (AvgIpc) is 2.78. The molecule has 1 amide bonds. The number of nitrogens with zero attached hydrogens (tertiary/aromatic N) is 1. The Hall–Kier alpha value is -3.61. The van der Waals surface area contributed by atoms with Crippen LogP contribution in [0.25, 0.3) is 11.4 Å². The predicted octanol–water partition coefficient (Wildman–Crippen LogP) is 4.69. The fourth-order valence-electron chi connectivity index (χ4n) is 3.11. The standard InChI is InChI=1S/C25H29N3O4/c1-5-19-15-23(29)28-24(26-19)17-7-6-8-20(13-17)27-25(30)18-9-10-21(22(14-18)31-4)32-12-11-16(2)3/h6-10,13-16H,5,11-12H2,1-4H3,(H,27,30)(H,26,28,29). The zero-order valence-electron chi connectivity index (χ0n) is 18.9. The van der Waals surface area contributed by atoms with Gasteiger partial charge in [0.25, 0.3) is 11.5 Å². The molecule has 0 spiro atoms. The lowest BCUT2D eigenvalue weighted by atomic mass is 10.1. The highest BCUT2D eigenvalue weighted by atomic mass is 16.5. The van der Waals surface area contributed by atoms with Gasteiger partial charge in [0.1, 0.15) is 5.82 Å². The molecule has 7 heteroatoms. The summed E-state index contributed by atoms with van der Waals surface area (Å²) in [5, 5.41) is 2.89. The summed E-state index contributed by atoms with van der Waals surface area (Å²) >= 11 is 0. The molecule has 3 aromatic rings. The first kappa shape index (κ1) is 23.1. The number of aromatic amines is 1. The second-order valence-electron chi connectivity index (χ2n) is 7.87. The lowest BCUT2D eigenvalue weighted by Gasteiger charge is -2.13. The van der Waals surface area contributed by atoms with E-state index in [9.17, 15) is 9.59 Å². The van der Waals surface area contributed by atoms with Crippen LogP contribution in [0.15, 0.2) is 53.3 Å². The van der Waals surface area contributed by atoms with Gasteiger partial charge in [0, 0.05) is 28.6 Å². The molecule has 1 heterocycles. The maximum absolute atomic E-state index is 12.8. The number of carbonyl (C=O) groups is 1. The van der Waals surface area contributed by atoms with Gasteiger partial charge in [-0.1, -0.05) is 32.9 Å². The van der Waals surface area contributed by atoms with Crippen molar-refractivity contribution in [2.24, 2.45) is 5.92 Å². The Morgan fingerprint density at radius 3 is 2.66 bits per heavy atom. The van der Waals surface area contributed by atoms with Crippen molar-refractivity contribution >= 4 is 11.6 Å². The van der Waals surface area contributed by atoms with Crippen LogP contribution in [-0.4, -0.2) is 29.6 Å². The third kappa shape index (κ3) is 5.97. The van der Waals surface area contributed by atoms with Crippen LogP contribution >= 0.6 is 0 Å². The molecule has 0 fully saturated rings. The molecule has 3 rings (SSSR count). The summed E-state index contributed by atoms with van der Waals surface area (Å²) in [4.78, 5) is 31.9. The highest BCUT2D eigenvalue weighted by Crippen LogP contribution is 2.29. The smallest absolute Gasteiger partial charge is 0.255 e. The summed E-state index contributed by atoms with van der Waals surface area (Å²) < 4.78 is 11.2. The van der Waals surface area contributed by atoms with E-state index in [-0.39, 0.29) is 11.5 Å². The molecule has 0 saturated carbocycles. The molecule has 2 N–H and O–H groups in total. The molecule has 1 aromatic heterocycles. The first-order chi connectivity index (χ1) is 15.4. The van der Waals surface area contributed by atoms with Crippen LogP contribution in [0.5, 0.6) is 11.5 Å². The molecule has 0 bridgehead atoms. The van der Waals surface area contributed by atoms with Crippen LogP contribution in [0.2, 0.25) is 0 Å². The Morgan fingerprint density at radius 1 is 1.12 bits per heavy atom. The fraction of sp³-hybridized carbons (Fsp3) is 0.320. The van der Waals surface area contributed by atoms with Crippen molar-refractivity contribution in [1.82, 2.24) is 9.97 Å². The molecule has 0 saturated heterocycles. The summed E-state index contributed by atoms with van der Waals surface area (Å²) in [6.07, 6.45) is 1.59. The van der Waals surface area contributed by atoms with Crippen molar-refractivity contribution < 1.29 is 14.3 Å². The lowest BCUT2D eigenvalue weighted by molar-refractivity contribution is 0.102. The van der Waals surface area contributed by atoms with Gasteiger partial charge in [-0.05, 0) is 49.1 Å². The van der Waals surface area contributed by atoms with Gasteiger partial charge < -0.3 is 19.8 Å². The summed E-state index contributed by atoms with van der Waals surface area (Å²) in [5.41, 5.74) is 2.25. The number of anilines is 1. The van der Waals surface area contributed by atoms with E-state index in [0.29, 0.717) is 58.8 Å². The number of carbonyl (C=O) groups excluding carboxylic acids is 1. The second kappa shape index (κ2) is 10.6. The maximum atomic E-state index is 12.8. The van der Waals surface area contributed by atoms with E-state index in [0.717, 1.165) is 6.42 Å². The molecule has 7 nitrogen and oxygen atoms in total. The van der Waals surface area contributed by atoms with Gasteiger partial charge in [0.15, 0.2) is 11.5 Å². The van der Waals surface area contributed by atoms with Crippen LogP contribution in [0.1, 0.15) is 43.2 Å². The first-order valence-electron chi connectivity index (χ1n) is 10.7. The molecular formula is C25H29N3O4. The van der Waals surface area contributed by atoms with E-state index in [1.54, 1.807) is 43.5 Å². The van der Waals surface area contributed by atoms with Crippen molar-refractivity contribution in [2.75, 3.05) is 19.0 Å². The number of aromatic nitrogens is 2. The molecular weight excluding hydrogens is 406 g/mol. The zero-order chi connectivity index (χ0) is 23.1. The number of aryl methyl sites for hydroxylation is 1. The maximum Gasteiger partial charge on any atom is 0.255 e. The number of hydrogen-bond acceptors (Lipinski definition) is 5. The molecule has 168 valence electrons. The number of hydrogen-bond donors (Lipinski definition) is 2. The van der Waals surface area contributed by atoms with Crippen LogP contribution in [-0.2, 0) is 6.42 Å². The van der Waals surface area contributed by atoms with E-state index in [1.165, 1.54) is 6.07 Å². The molecule has 2 aromatic carbocycles. The quantitative estimate of drug-likeness (QED) is 0.509. The first-order valence-corrected chi connectivity index (χ1v) is 10.7. The largest absolute Gasteiger partial charge is 0.493 e. The highest BCUT2D eigenvalue weighted by molar-refractivity contribution is 6.04. The number of nitrogens with one attached hydrogen (secondary N) is 2. The van der Waals surface area contributed by atoms with Crippen molar-refractivity contribution in [1.29, 1.82) is 0 Å². The number of methoxy groups -OCH3 is 1. The van der Waals surface area contributed by atoms with Crippen LogP contribution < -0.4 is 20.3 Å². The Balaban J connectivity index is 1.77. The van der Waals surface area contributed by atoms with E-state index in [4.69, 9.17) is 9.47 Å². The van der Waals surface area contributed by atoms with Gasteiger partial charge in [-0.25, -0.2) is 4.98 Å². The van der Waals surface area contributed by atoms with Crippen LogP contribution in [0.4, 0.5) is 5.69 Å². The van der Waals surface area contributed by atoms with Crippen molar-refractivity contribution in [3.63, 3.8) is 0 Å². The predicted molar refractivity (Wildman–Crippen MR) is 126 cm³/mol. The van der Waals surface area contributed by atoms with Gasteiger partial charge in [-0.3, -0.25) is 9.59 Å². The Morgan fingerprint density at radius 2 is 1.94 bits per heavy atom. The normalized spacial score (nSPS) is 10.8. The molecule has 0 unspecified atom stereocenters. The topological polar surface area (TPSA) is 93.3 Å². The monoisotopic (exact) mass is 435 g/mol. The summed E-state index contributed by atoms with van der Waals surface area (Å²) in [5.74, 6) is 1.85. The number of H-pyrrole nitrogens is 1. The van der Waals surface area contributed by atoms with Crippen molar-refractivity contribution in [2.45, 2.75) is 33.6 Å². The molecule has 0 radical (unpaired) electrons. The minimum atomic E-state index is -0.280. The fourth-order valence-corrected chi connectivity index (χ4v) is 3.11. The lowest BCUT2D eigenvalue weighted by Crippen LogP contribution is -2.13. The number of amides is 1. The minimum Gasteiger partial charge on any atom is -0.493 e. The minimum absolute atomic E-state index is 0.205. The summed E-state index contributed by atoms with van der Waals surface area (Å²) in [7, 11) is 1.55. The third-order valence-electron chi connectivity index (χ3n) is 4.93. The summed E-state index contributed by atoms with van der Waals surface area (Å²) in [6.45, 7) is 6.80. The molecule has 32 heavy (non-hydrogen) atoms. The molecule has 0 aliphatic rings. The zero-order valence-corrected chi connectivity index (χ0v) is 18.9. The Bertz CT molecular complexity index is 1140. The van der Waals surface area contributed by atoms with E-state index < -0.39 is 0 Å². The van der Waals surface area contributed by atoms with E-state index >= 15 is 0 Å². The summed E-state index contributed by atoms with van der Waals surface area (Å²) in [6, 6.07) is 13.8. The van der Waals surface area contributed by atoms with Gasteiger partial charge in [0.2, 0.25) is 0 Å². The van der Waals surface area contributed by atoms with Gasteiger partial charge in [-0.15, -0.1) is 0 Å². The van der Waals surface area contributed by atoms with E-state index in [1.807, 2.05) is 13.0 Å². The molecule has 0 atom stereocenters. The van der Waals surface area contributed by atoms with Gasteiger partial charge in [0.05, 0.1) is 13.7 Å². The van der Waals surface area contributed by atoms with Crippen LogP contribution in [0, 0.1) is 5.92 Å². The third-order valence-corrected chi connectivity index (χ3v) is 4.93. The van der Waals surface area contributed by atoms with Crippen molar-refractivity contribution in [3.05, 3.63) is 70.1 Å². The van der Waals surface area contributed by atoms with E-state index in [2.05, 4.69) is 29.1 Å². The average molecular weight is 436 g/mol. The Labute approximate surface area is 187 Å². The molecule has 0 aliphatic carbocycles. The van der Waals surface area contributed by atoms with Gasteiger partial charge >= 0.3 is 0 Å². The van der Waals surface area contributed by atoms with Crippen molar-refractivity contribution in [3.8, 4) is 22.9 Å². The molecule has 0 aliphatic heterocycles.